The lowest BCUT2D eigenvalue weighted by Gasteiger charge is -2.17. The number of methoxy groups -OCH3 is 1. The number of nitrogens with two attached hydrogens (primary N) is 2. The second-order valence-corrected chi connectivity index (χ2v) is 6.32. The number of aromatic amines is 1. The van der Waals surface area contributed by atoms with Crippen LogP contribution in [0.2, 0.25) is 0 Å². The summed E-state index contributed by atoms with van der Waals surface area (Å²) in [4.78, 5) is 42.0. The Labute approximate surface area is 161 Å². The number of nitrogens with zero attached hydrogens (tertiary/aromatic N) is 1. The number of hydrogen-bond donors (Lipinski definition) is 5. The third kappa shape index (κ3) is 5.30. The summed E-state index contributed by atoms with van der Waals surface area (Å²) in [6.45, 7) is 2.32. The topological polar surface area (TPSA) is 165 Å². The molecule has 10 nitrogen and oxygen atoms in total. The Kier molecular flexibility index (Phi) is 7.10. The number of ether oxygens (including phenoxy) is 1. The molecule has 0 aliphatic heterocycles. The van der Waals surface area contributed by atoms with Crippen molar-refractivity contribution < 1.29 is 14.3 Å². The molecule has 28 heavy (non-hydrogen) atoms. The van der Waals surface area contributed by atoms with E-state index in [-0.39, 0.29) is 23.2 Å². The summed E-state index contributed by atoms with van der Waals surface area (Å²) in [5.74, 6) is -0.186. The summed E-state index contributed by atoms with van der Waals surface area (Å²) in [7, 11) is 1.54. The molecule has 1 aromatic carbocycles. The van der Waals surface area contributed by atoms with Crippen molar-refractivity contribution in [3.63, 3.8) is 0 Å². The molecule has 2 rings (SSSR count). The lowest BCUT2D eigenvalue weighted by molar-refractivity contribution is -0.108. The average molecular weight is 388 g/mol. The molecule has 2 unspecified atom stereocenters. The first kappa shape index (κ1) is 20.9. The molecule has 1 heterocycles. The summed E-state index contributed by atoms with van der Waals surface area (Å²) in [6, 6.07) is 6.19. The fraction of sp³-hybridized carbons (Fsp3) is 0.333. The van der Waals surface area contributed by atoms with Gasteiger partial charge in [0.2, 0.25) is 5.95 Å². The largest absolute Gasteiger partial charge is 0.497 e. The van der Waals surface area contributed by atoms with Gasteiger partial charge in [0, 0.05) is 5.69 Å². The average Bonchev–Trinajstić information content (AvgIpc) is 2.67. The Morgan fingerprint density at radius 1 is 1.36 bits per heavy atom. The van der Waals surface area contributed by atoms with E-state index in [1.165, 1.54) is 0 Å². The summed E-state index contributed by atoms with van der Waals surface area (Å²) in [5.41, 5.74) is 10.4. The zero-order valence-corrected chi connectivity index (χ0v) is 15.7. The van der Waals surface area contributed by atoms with Crippen LogP contribution in [0.1, 0.15) is 23.7 Å². The summed E-state index contributed by atoms with van der Waals surface area (Å²) >= 11 is 0. The molecular formula is C18H24N6O4. The molecule has 1 amide bonds. The third-order valence-electron chi connectivity index (χ3n) is 4.06. The SMILES string of the molecule is COc1ccc(Nc2nc(NC(C=O)CC(C)CN)[nH]c(=O)c2C(N)=O)cc1. The third-order valence-corrected chi connectivity index (χ3v) is 4.06. The van der Waals surface area contributed by atoms with Crippen LogP contribution in [-0.2, 0) is 4.79 Å². The fourth-order valence-corrected chi connectivity index (χ4v) is 2.53. The molecule has 0 aliphatic rings. The minimum Gasteiger partial charge on any atom is -0.497 e. The lowest BCUT2D eigenvalue weighted by Crippen LogP contribution is -2.31. The molecule has 0 bridgehead atoms. The molecule has 1 aromatic heterocycles. The fourth-order valence-electron chi connectivity index (χ4n) is 2.53. The van der Waals surface area contributed by atoms with Crippen LogP contribution in [-0.4, -0.2) is 41.9 Å². The van der Waals surface area contributed by atoms with E-state index in [0.717, 1.165) is 0 Å². The van der Waals surface area contributed by atoms with Crippen LogP contribution in [0.3, 0.4) is 0 Å². The number of hydrogen-bond acceptors (Lipinski definition) is 8. The van der Waals surface area contributed by atoms with Crippen molar-refractivity contribution in [2.45, 2.75) is 19.4 Å². The molecule has 2 atom stereocenters. The number of rotatable bonds is 10. The van der Waals surface area contributed by atoms with Crippen molar-refractivity contribution in [1.29, 1.82) is 0 Å². The van der Waals surface area contributed by atoms with Gasteiger partial charge < -0.3 is 31.6 Å². The molecule has 0 fully saturated rings. The van der Waals surface area contributed by atoms with Crippen molar-refractivity contribution in [3.8, 4) is 5.75 Å². The number of amides is 1. The van der Waals surface area contributed by atoms with Gasteiger partial charge in [0.05, 0.1) is 13.2 Å². The van der Waals surface area contributed by atoms with Gasteiger partial charge in [0.1, 0.15) is 17.6 Å². The van der Waals surface area contributed by atoms with Gasteiger partial charge in [-0.15, -0.1) is 0 Å². The maximum Gasteiger partial charge on any atom is 0.267 e. The Balaban J connectivity index is 2.35. The van der Waals surface area contributed by atoms with Crippen molar-refractivity contribution >= 4 is 29.6 Å². The normalized spacial score (nSPS) is 12.7. The molecule has 0 saturated heterocycles. The van der Waals surface area contributed by atoms with Gasteiger partial charge in [0.25, 0.3) is 11.5 Å². The number of nitrogens with one attached hydrogen (secondary N) is 3. The molecule has 0 radical (unpaired) electrons. The number of aromatic nitrogens is 2. The zero-order valence-electron chi connectivity index (χ0n) is 15.7. The van der Waals surface area contributed by atoms with Crippen molar-refractivity contribution in [3.05, 3.63) is 40.2 Å². The summed E-state index contributed by atoms with van der Waals surface area (Å²) in [5, 5.41) is 5.74. The molecule has 10 heteroatoms. The first-order valence-electron chi connectivity index (χ1n) is 8.65. The highest BCUT2D eigenvalue weighted by atomic mass is 16.5. The Hall–Kier alpha value is -3.40. The number of carbonyl (C=O) groups is 2. The maximum absolute atomic E-state index is 12.3. The van der Waals surface area contributed by atoms with Crippen LogP contribution in [0.25, 0.3) is 0 Å². The number of anilines is 3. The van der Waals surface area contributed by atoms with E-state index >= 15 is 0 Å². The summed E-state index contributed by atoms with van der Waals surface area (Å²) < 4.78 is 5.09. The predicted molar refractivity (Wildman–Crippen MR) is 106 cm³/mol. The first-order chi connectivity index (χ1) is 13.4. The van der Waals surface area contributed by atoms with Crippen LogP contribution in [0.4, 0.5) is 17.5 Å². The molecular weight excluding hydrogens is 364 g/mol. The highest BCUT2D eigenvalue weighted by Crippen LogP contribution is 2.21. The lowest BCUT2D eigenvalue weighted by atomic mass is 10.0. The van der Waals surface area contributed by atoms with E-state index in [1.54, 1.807) is 31.4 Å². The number of aldehydes is 1. The second-order valence-electron chi connectivity index (χ2n) is 6.32. The van der Waals surface area contributed by atoms with Gasteiger partial charge in [0.15, 0.2) is 5.82 Å². The van der Waals surface area contributed by atoms with Gasteiger partial charge >= 0.3 is 0 Å². The Morgan fingerprint density at radius 2 is 2.04 bits per heavy atom. The van der Waals surface area contributed by atoms with Gasteiger partial charge in [-0.2, -0.15) is 4.98 Å². The first-order valence-corrected chi connectivity index (χ1v) is 8.65. The minimum absolute atomic E-state index is 0.0274. The van der Waals surface area contributed by atoms with Crippen molar-refractivity contribution in [1.82, 2.24) is 9.97 Å². The van der Waals surface area contributed by atoms with Crippen molar-refractivity contribution in [2.24, 2.45) is 17.4 Å². The second kappa shape index (κ2) is 9.51. The molecule has 0 spiro atoms. The van der Waals surface area contributed by atoms with E-state index in [9.17, 15) is 14.4 Å². The molecule has 0 aliphatic carbocycles. The molecule has 2 aromatic rings. The van der Waals surface area contributed by atoms with Crippen LogP contribution >= 0.6 is 0 Å². The van der Waals surface area contributed by atoms with Gasteiger partial charge in [-0.1, -0.05) is 6.92 Å². The number of H-pyrrole nitrogens is 1. The number of carbonyl (C=O) groups excluding carboxylic acids is 2. The Morgan fingerprint density at radius 3 is 2.57 bits per heavy atom. The summed E-state index contributed by atoms with van der Waals surface area (Å²) in [6.07, 6.45) is 1.17. The number of primary amides is 1. The van der Waals surface area contributed by atoms with Crippen LogP contribution in [0.5, 0.6) is 5.75 Å². The van der Waals surface area contributed by atoms with E-state index in [1.807, 2.05) is 6.92 Å². The zero-order chi connectivity index (χ0) is 20.7. The predicted octanol–water partition coefficient (Wildman–Crippen LogP) is 0.585. The van der Waals surface area contributed by atoms with Gasteiger partial charge in [-0.05, 0) is 43.1 Å². The monoisotopic (exact) mass is 388 g/mol. The van der Waals surface area contributed by atoms with Crippen LogP contribution < -0.4 is 32.4 Å². The van der Waals surface area contributed by atoms with E-state index in [0.29, 0.717) is 30.7 Å². The maximum atomic E-state index is 12.3. The highest BCUT2D eigenvalue weighted by Gasteiger charge is 2.19. The van der Waals surface area contributed by atoms with E-state index in [4.69, 9.17) is 16.2 Å². The number of benzene rings is 1. The highest BCUT2D eigenvalue weighted by molar-refractivity contribution is 5.98. The Bertz CT molecular complexity index is 881. The van der Waals surface area contributed by atoms with Gasteiger partial charge in [-0.25, -0.2) is 0 Å². The van der Waals surface area contributed by atoms with Gasteiger partial charge in [-0.3, -0.25) is 14.6 Å². The molecule has 7 N–H and O–H groups in total. The van der Waals surface area contributed by atoms with Crippen LogP contribution in [0.15, 0.2) is 29.1 Å². The van der Waals surface area contributed by atoms with Crippen molar-refractivity contribution in [2.75, 3.05) is 24.3 Å². The standard InChI is InChI=1S/C18H24N6O4/c1-10(8-19)7-12(9-25)22-18-23-16(14(15(20)26)17(27)24-18)21-11-3-5-13(28-2)6-4-11/h3-6,9-10,12H,7-8,19H2,1-2H3,(H2,20,26)(H3,21,22,23,24,27). The molecule has 0 saturated carbocycles. The van der Waals surface area contributed by atoms with E-state index in [2.05, 4.69) is 20.6 Å². The van der Waals surface area contributed by atoms with Crippen LogP contribution in [0, 0.1) is 5.92 Å². The molecule has 150 valence electrons. The quantitative estimate of drug-likeness (QED) is 0.369. The van der Waals surface area contributed by atoms with E-state index < -0.39 is 17.5 Å². The smallest absolute Gasteiger partial charge is 0.267 e. The minimum atomic E-state index is -0.931.